The summed E-state index contributed by atoms with van der Waals surface area (Å²) in [6.07, 6.45) is 1.06. The molecule has 0 bridgehead atoms. The highest BCUT2D eigenvalue weighted by molar-refractivity contribution is 5.95. The van der Waals surface area contributed by atoms with Crippen LogP contribution in [0.4, 0.5) is 0 Å². The van der Waals surface area contributed by atoms with Crippen LogP contribution in [-0.4, -0.2) is 23.0 Å². The molecule has 0 saturated heterocycles. The topological polar surface area (TPSA) is 80.7 Å². The van der Waals surface area contributed by atoms with Gasteiger partial charge in [-0.3, -0.25) is 14.4 Å². The molecular weight excluding hydrogens is 200 g/mol. The van der Waals surface area contributed by atoms with Crippen molar-refractivity contribution in [3.63, 3.8) is 0 Å². The molecular formula is C10H16O5. The van der Waals surface area contributed by atoms with Crippen molar-refractivity contribution in [3.8, 4) is 0 Å². The molecule has 0 aliphatic heterocycles. The first-order valence-corrected chi connectivity index (χ1v) is 4.94. The van der Waals surface area contributed by atoms with Crippen molar-refractivity contribution in [3.05, 3.63) is 0 Å². The number of rotatable bonds is 6. The maximum absolute atomic E-state index is 11.1. The summed E-state index contributed by atoms with van der Waals surface area (Å²) in [7, 11) is 0. The minimum absolute atomic E-state index is 0.165. The van der Waals surface area contributed by atoms with E-state index in [1.54, 1.807) is 0 Å². The molecule has 1 N–H and O–H groups in total. The number of ether oxygens (including phenoxy) is 1. The Labute approximate surface area is 88.4 Å². The molecule has 15 heavy (non-hydrogen) atoms. The van der Waals surface area contributed by atoms with E-state index in [9.17, 15) is 14.4 Å². The summed E-state index contributed by atoms with van der Waals surface area (Å²) >= 11 is 0. The fraction of sp³-hybridized carbons (Fsp3) is 0.700. The van der Waals surface area contributed by atoms with Gasteiger partial charge in [-0.2, -0.15) is 0 Å². The van der Waals surface area contributed by atoms with E-state index in [1.807, 2.05) is 13.8 Å². The Kier molecular flexibility index (Phi) is 6.33. The number of carboxylic acid groups (broad SMARTS) is 1. The Morgan fingerprint density at radius 2 is 1.67 bits per heavy atom. The van der Waals surface area contributed by atoms with E-state index < -0.39 is 24.3 Å². The Balaban J connectivity index is 3.92. The zero-order valence-corrected chi connectivity index (χ0v) is 8.99. The second-order valence-corrected chi connectivity index (χ2v) is 3.30. The molecule has 0 fully saturated rings. The van der Waals surface area contributed by atoms with Crippen LogP contribution in [0, 0.1) is 5.92 Å². The molecule has 0 saturated carbocycles. The van der Waals surface area contributed by atoms with Gasteiger partial charge in [0.2, 0.25) is 0 Å². The predicted molar refractivity (Wildman–Crippen MR) is 52.0 cm³/mol. The van der Waals surface area contributed by atoms with Crippen molar-refractivity contribution in [2.24, 2.45) is 5.92 Å². The zero-order chi connectivity index (χ0) is 11.8. The second-order valence-electron chi connectivity index (χ2n) is 3.30. The van der Waals surface area contributed by atoms with Crippen LogP contribution in [0.2, 0.25) is 0 Å². The Bertz CT molecular complexity index is 242. The highest BCUT2D eigenvalue weighted by atomic mass is 16.6. The standard InChI is InChI=1S/C10H16O5/c1-3-7(4-2)5-9(13)15-10(14)6-8(11)12/h7H,3-6H2,1-2H3,(H,11,12). The quantitative estimate of drug-likeness (QED) is 0.535. The lowest BCUT2D eigenvalue weighted by molar-refractivity contribution is -0.162. The third-order valence-electron chi connectivity index (χ3n) is 2.13. The first kappa shape index (κ1) is 13.6. The normalized spacial score (nSPS) is 10.1. The minimum atomic E-state index is -1.30. The number of carboxylic acids is 1. The molecule has 86 valence electrons. The van der Waals surface area contributed by atoms with Gasteiger partial charge in [0.05, 0.1) is 0 Å². The lowest BCUT2D eigenvalue weighted by atomic mass is 10.00. The van der Waals surface area contributed by atoms with E-state index in [0.29, 0.717) is 0 Å². The van der Waals surface area contributed by atoms with Crippen molar-refractivity contribution in [2.75, 3.05) is 0 Å². The van der Waals surface area contributed by atoms with E-state index in [0.717, 1.165) is 12.8 Å². The van der Waals surface area contributed by atoms with Gasteiger partial charge >= 0.3 is 17.9 Å². The van der Waals surface area contributed by atoms with Gasteiger partial charge in [0, 0.05) is 6.42 Å². The summed E-state index contributed by atoms with van der Waals surface area (Å²) in [4.78, 5) is 32.0. The van der Waals surface area contributed by atoms with Crippen molar-refractivity contribution < 1.29 is 24.2 Å². The fourth-order valence-corrected chi connectivity index (χ4v) is 1.14. The minimum Gasteiger partial charge on any atom is -0.481 e. The fourth-order valence-electron chi connectivity index (χ4n) is 1.14. The van der Waals surface area contributed by atoms with Crippen molar-refractivity contribution in [2.45, 2.75) is 39.5 Å². The van der Waals surface area contributed by atoms with Crippen molar-refractivity contribution >= 4 is 17.9 Å². The number of carbonyl (C=O) groups is 3. The van der Waals surface area contributed by atoms with Gasteiger partial charge in [0.1, 0.15) is 6.42 Å². The third-order valence-corrected chi connectivity index (χ3v) is 2.13. The van der Waals surface area contributed by atoms with Gasteiger partial charge in [-0.1, -0.05) is 26.7 Å². The zero-order valence-electron chi connectivity index (χ0n) is 8.99. The SMILES string of the molecule is CCC(CC)CC(=O)OC(=O)CC(=O)O. The van der Waals surface area contributed by atoms with Gasteiger partial charge in [0.25, 0.3) is 0 Å². The Morgan fingerprint density at radius 3 is 2.07 bits per heavy atom. The number of hydrogen-bond donors (Lipinski definition) is 1. The second kappa shape index (κ2) is 6.98. The molecule has 0 unspecified atom stereocenters. The van der Waals surface area contributed by atoms with Gasteiger partial charge in [-0.05, 0) is 5.92 Å². The van der Waals surface area contributed by atoms with Crippen LogP contribution in [0.15, 0.2) is 0 Å². The lowest BCUT2D eigenvalue weighted by Gasteiger charge is -2.09. The molecule has 0 radical (unpaired) electrons. The Hall–Kier alpha value is -1.39. The van der Waals surface area contributed by atoms with Crippen LogP contribution in [0.5, 0.6) is 0 Å². The summed E-state index contributed by atoms with van der Waals surface area (Å²) < 4.78 is 4.34. The first-order chi connectivity index (χ1) is 6.99. The summed E-state index contributed by atoms with van der Waals surface area (Å²) in [6, 6.07) is 0. The van der Waals surface area contributed by atoms with E-state index in [2.05, 4.69) is 4.74 Å². The van der Waals surface area contributed by atoms with E-state index in [4.69, 9.17) is 5.11 Å². The van der Waals surface area contributed by atoms with Gasteiger partial charge in [-0.15, -0.1) is 0 Å². The highest BCUT2D eigenvalue weighted by Gasteiger charge is 2.16. The molecule has 0 aromatic carbocycles. The molecule has 0 amide bonds. The van der Waals surface area contributed by atoms with E-state index in [-0.39, 0.29) is 12.3 Å². The number of hydrogen-bond acceptors (Lipinski definition) is 4. The van der Waals surface area contributed by atoms with Gasteiger partial charge in [0.15, 0.2) is 0 Å². The average molecular weight is 216 g/mol. The Morgan fingerprint density at radius 1 is 1.13 bits per heavy atom. The molecule has 5 heteroatoms. The summed E-state index contributed by atoms with van der Waals surface area (Å²) in [5, 5.41) is 8.26. The van der Waals surface area contributed by atoms with Crippen LogP contribution in [0.1, 0.15) is 39.5 Å². The molecule has 0 atom stereocenters. The smallest absolute Gasteiger partial charge is 0.324 e. The molecule has 0 aromatic rings. The van der Waals surface area contributed by atoms with Crippen molar-refractivity contribution in [1.29, 1.82) is 0 Å². The molecule has 0 rings (SSSR count). The number of esters is 2. The summed E-state index contributed by atoms with van der Waals surface area (Å²) in [5.74, 6) is -2.75. The average Bonchev–Trinajstić information content (AvgIpc) is 2.12. The van der Waals surface area contributed by atoms with E-state index in [1.165, 1.54) is 0 Å². The largest absolute Gasteiger partial charge is 0.481 e. The van der Waals surface area contributed by atoms with Crippen LogP contribution >= 0.6 is 0 Å². The summed E-state index contributed by atoms with van der Waals surface area (Å²) in [6.45, 7) is 3.89. The maximum Gasteiger partial charge on any atom is 0.324 e. The molecule has 0 aliphatic rings. The summed E-state index contributed by atoms with van der Waals surface area (Å²) in [5.41, 5.74) is 0. The monoisotopic (exact) mass is 216 g/mol. The van der Waals surface area contributed by atoms with Crippen LogP contribution in [0.3, 0.4) is 0 Å². The number of aliphatic carboxylic acids is 1. The maximum atomic E-state index is 11.1. The number of carbonyl (C=O) groups excluding carboxylic acids is 2. The first-order valence-electron chi connectivity index (χ1n) is 4.94. The molecule has 0 heterocycles. The molecule has 0 aromatic heterocycles. The van der Waals surface area contributed by atoms with Gasteiger partial charge < -0.3 is 9.84 Å². The van der Waals surface area contributed by atoms with Crippen LogP contribution in [-0.2, 0) is 19.1 Å². The predicted octanol–water partition coefficient (Wildman–Crippen LogP) is 1.36. The van der Waals surface area contributed by atoms with Gasteiger partial charge in [-0.25, -0.2) is 0 Å². The third kappa shape index (κ3) is 6.65. The molecule has 0 aliphatic carbocycles. The van der Waals surface area contributed by atoms with Crippen LogP contribution in [0.25, 0.3) is 0 Å². The molecule has 5 nitrogen and oxygen atoms in total. The molecule has 0 spiro atoms. The lowest BCUT2D eigenvalue weighted by Crippen LogP contribution is -2.17. The van der Waals surface area contributed by atoms with Crippen molar-refractivity contribution in [1.82, 2.24) is 0 Å². The highest BCUT2D eigenvalue weighted by Crippen LogP contribution is 2.13. The van der Waals surface area contributed by atoms with E-state index >= 15 is 0 Å². The van der Waals surface area contributed by atoms with Crippen LogP contribution < -0.4 is 0 Å².